The molecule has 0 saturated heterocycles. The maximum atomic E-state index is 8.76. The molecular weight excluding hydrogens is 196 g/mol. The smallest absolute Gasteiger partial charge is 0.0991 e. The summed E-state index contributed by atoms with van der Waals surface area (Å²) >= 11 is 0. The molecule has 0 radical (unpaired) electrons. The van der Waals surface area contributed by atoms with Crippen molar-refractivity contribution < 1.29 is 0 Å². The summed E-state index contributed by atoms with van der Waals surface area (Å²) in [6, 6.07) is 10.9. The van der Waals surface area contributed by atoms with Crippen molar-refractivity contribution in [1.29, 1.82) is 5.26 Å². The fourth-order valence-electron chi connectivity index (χ4n) is 2.80. The van der Waals surface area contributed by atoms with E-state index in [4.69, 9.17) is 5.26 Å². The van der Waals surface area contributed by atoms with Crippen molar-refractivity contribution in [3.05, 3.63) is 35.4 Å². The Bertz CT molecular complexity index is 388. The van der Waals surface area contributed by atoms with Gasteiger partial charge >= 0.3 is 0 Å². The fraction of sp³-hybridized carbons (Fsp3) is 0.500. The molecule has 0 bridgehead atoms. The molecule has 2 rings (SSSR count). The molecule has 0 heterocycles. The number of nitrogens with one attached hydrogen (secondary N) is 1. The molecule has 16 heavy (non-hydrogen) atoms. The maximum absolute atomic E-state index is 8.76. The molecule has 2 nitrogen and oxygen atoms in total. The summed E-state index contributed by atoms with van der Waals surface area (Å²) in [7, 11) is 2.04. The van der Waals surface area contributed by atoms with Crippen LogP contribution in [0.5, 0.6) is 0 Å². The molecule has 1 aromatic carbocycles. The van der Waals surface area contributed by atoms with E-state index < -0.39 is 0 Å². The molecule has 0 aromatic heterocycles. The summed E-state index contributed by atoms with van der Waals surface area (Å²) < 4.78 is 0. The molecule has 1 N–H and O–H groups in total. The van der Waals surface area contributed by atoms with Crippen LogP contribution in [0.25, 0.3) is 0 Å². The Labute approximate surface area is 97.3 Å². The van der Waals surface area contributed by atoms with Crippen LogP contribution in [-0.2, 0) is 0 Å². The zero-order valence-corrected chi connectivity index (χ0v) is 9.90. The Morgan fingerprint density at radius 1 is 1.38 bits per heavy atom. The van der Waals surface area contributed by atoms with Crippen LogP contribution >= 0.6 is 0 Å². The van der Waals surface area contributed by atoms with Gasteiger partial charge in [-0.3, -0.25) is 0 Å². The van der Waals surface area contributed by atoms with Gasteiger partial charge in [0.25, 0.3) is 0 Å². The van der Waals surface area contributed by atoms with E-state index >= 15 is 0 Å². The third kappa shape index (κ3) is 1.83. The zero-order valence-electron chi connectivity index (χ0n) is 9.90. The van der Waals surface area contributed by atoms with E-state index in [1.54, 1.807) is 0 Å². The van der Waals surface area contributed by atoms with Crippen LogP contribution in [0.1, 0.15) is 36.8 Å². The molecule has 0 aliphatic heterocycles. The lowest BCUT2D eigenvalue weighted by Crippen LogP contribution is -2.47. The molecule has 0 amide bonds. The van der Waals surface area contributed by atoms with Gasteiger partial charge < -0.3 is 5.32 Å². The largest absolute Gasteiger partial charge is 0.317 e. The van der Waals surface area contributed by atoms with Crippen LogP contribution in [0.4, 0.5) is 0 Å². The molecule has 3 atom stereocenters. The Balaban J connectivity index is 2.11. The molecule has 0 spiro atoms. The number of hydrogen-bond donors (Lipinski definition) is 1. The van der Waals surface area contributed by atoms with Gasteiger partial charge in [0.2, 0.25) is 0 Å². The monoisotopic (exact) mass is 214 g/mol. The quantitative estimate of drug-likeness (QED) is 0.839. The van der Waals surface area contributed by atoms with Gasteiger partial charge in [-0.15, -0.1) is 0 Å². The highest BCUT2D eigenvalue weighted by Crippen LogP contribution is 2.44. The summed E-state index contributed by atoms with van der Waals surface area (Å²) in [5.74, 6) is 1.42. The molecule has 1 aromatic rings. The van der Waals surface area contributed by atoms with Crippen LogP contribution in [0.15, 0.2) is 24.3 Å². The number of nitrogens with zero attached hydrogens (tertiary/aromatic N) is 1. The van der Waals surface area contributed by atoms with Gasteiger partial charge in [0.15, 0.2) is 0 Å². The highest BCUT2D eigenvalue weighted by atomic mass is 14.9. The molecular formula is C14H18N2. The molecule has 2 heteroatoms. The zero-order chi connectivity index (χ0) is 11.5. The lowest BCUT2D eigenvalue weighted by atomic mass is 9.65. The summed E-state index contributed by atoms with van der Waals surface area (Å²) in [6.45, 7) is 2.25. The Morgan fingerprint density at radius 3 is 2.56 bits per heavy atom. The second-order valence-electron chi connectivity index (χ2n) is 4.54. The SMILES string of the molecule is CCC1C(NC)CC1c1ccc(C#N)cc1. The number of rotatable bonds is 3. The summed E-state index contributed by atoms with van der Waals surface area (Å²) in [6.07, 6.45) is 2.44. The van der Waals surface area contributed by atoms with E-state index in [9.17, 15) is 0 Å². The standard InChI is InChI=1S/C14H18N2/c1-3-12-13(8-14(12)16-2)11-6-4-10(9-15)5-7-11/h4-7,12-14,16H,3,8H2,1-2H3. The fourth-order valence-corrected chi connectivity index (χ4v) is 2.80. The maximum Gasteiger partial charge on any atom is 0.0991 e. The van der Waals surface area contributed by atoms with Crippen molar-refractivity contribution in [2.75, 3.05) is 7.05 Å². The highest BCUT2D eigenvalue weighted by molar-refractivity contribution is 5.34. The molecule has 3 unspecified atom stereocenters. The Morgan fingerprint density at radius 2 is 2.06 bits per heavy atom. The van der Waals surface area contributed by atoms with Gasteiger partial charge in [-0.2, -0.15) is 5.26 Å². The first kappa shape index (κ1) is 11.2. The van der Waals surface area contributed by atoms with E-state index in [2.05, 4.69) is 30.4 Å². The highest BCUT2D eigenvalue weighted by Gasteiger charge is 2.39. The Kier molecular flexibility index (Phi) is 3.26. The van der Waals surface area contributed by atoms with Crippen molar-refractivity contribution in [2.24, 2.45) is 5.92 Å². The molecule has 1 aliphatic rings. The van der Waals surface area contributed by atoms with Gasteiger partial charge in [-0.25, -0.2) is 0 Å². The van der Waals surface area contributed by atoms with Gasteiger partial charge in [0, 0.05) is 6.04 Å². The minimum Gasteiger partial charge on any atom is -0.317 e. The lowest BCUT2D eigenvalue weighted by Gasteiger charge is -2.45. The van der Waals surface area contributed by atoms with Gasteiger partial charge in [-0.1, -0.05) is 25.5 Å². The minimum atomic E-state index is 0.672. The van der Waals surface area contributed by atoms with Crippen molar-refractivity contribution >= 4 is 0 Å². The topological polar surface area (TPSA) is 35.8 Å². The van der Waals surface area contributed by atoms with E-state index in [-0.39, 0.29) is 0 Å². The van der Waals surface area contributed by atoms with Crippen molar-refractivity contribution in [3.8, 4) is 6.07 Å². The predicted molar refractivity (Wildman–Crippen MR) is 65.1 cm³/mol. The molecule has 84 valence electrons. The summed E-state index contributed by atoms with van der Waals surface area (Å²) in [4.78, 5) is 0. The van der Waals surface area contributed by atoms with Crippen molar-refractivity contribution in [2.45, 2.75) is 31.7 Å². The summed E-state index contributed by atoms with van der Waals surface area (Å²) in [5, 5.41) is 12.1. The van der Waals surface area contributed by atoms with E-state index in [1.165, 1.54) is 18.4 Å². The molecule has 1 fully saturated rings. The van der Waals surface area contributed by atoms with Gasteiger partial charge in [0.05, 0.1) is 11.6 Å². The first-order chi connectivity index (χ1) is 7.80. The lowest BCUT2D eigenvalue weighted by molar-refractivity contribution is 0.169. The third-order valence-electron chi connectivity index (χ3n) is 3.85. The predicted octanol–water partition coefficient (Wildman–Crippen LogP) is 2.66. The van der Waals surface area contributed by atoms with Crippen molar-refractivity contribution in [3.63, 3.8) is 0 Å². The van der Waals surface area contributed by atoms with E-state index in [0.717, 1.165) is 11.5 Å². The first-order valence-corrected chi connectivity index (χ1v) is 5.97. The van der Waals surface area contributed by atoms with Crippen LogP contribution in [-0.4, -0.2) is 13.1 Å². The number of nitriles is 1. The first-order valence-electron chi connectivity index (χ1n) is 5.97. The van der Waals surface area contributed by atoms with Crippen molar-refractivity contribution in [1.82, 2.24) is 5.32 Å². The van der Waals surface area contributed by atoms with Gasteiger partial charge in [0.1, 0.15) is 0 Å². The van der Waals surface area contributed by atoms with E-state index in [1.807, 2.05) is 19.2 Å². The number of benzene rings is 1. The minimum absolute atomic E-state index is 0.672. The average Bonchev–Trinajstić information content (AvgIpc) is 2.30. The second kappa shape index (κ2) is 4.67. The summed E-state index contributed by atoms with van der Waals surface area (Å²) in [5.41, 5.74) is 2.14. The van der Waals surface area contributed by atoms with E-state index in [0.29, 0.717) is 12.0 Å². The van der Waals surface area contributed by atoms with Crippen LogP contribution in [0.3, 0.4) is 0 Å². The van der Waals surface area contributed by atoms with Gasteiger partial charge in [-0.05, 0) is 43.0 Å². The van der Waals surface area contributed by atoms with Crippen LogP contribution in [0.2, 0.25) is 0 Å². The normalized spacial score (nSPS) is 28.2. The van der Waals surface area contributed by atoms with Crippen LogP contribution in [0, 0.1) is 17.2 Å². The Hall–Kier alpha value is -1.33. The second-order valence-corrected chi connectivity index (χ2v) is 4.54. The number of hydrogen-bond acceptors (Lipinski definition) is 2. The molecule has 1 aliphatic carbocycles. The van der Waals surface area contributed by atoms with Crippen LogP contribution < -0.4 is 5.32 Å². The average molecular weight is 214 g/mol. The molecule has 1 saturated carbocycles. The third-order valence-corrected chi connectivity index (χ3v) is 3.85.